The van der Waals surface area contributed by atoms with Crippen LogP contribution in [-0.4, -0.2) is 151 Å². The summed E-state index contributed by atoms with van der Waals surface area (Å²) < 4.78 is 64.6. The summed E-state index contributed by atoms with van der Waals surface area (Å²) >= 11 is 0. The molecule has 13 heteroatoms. The number of carbonyl (C=O) groups is 1. The van der Waals surface area contributed by atoms with Crippen molar-refractivity contribution >= 4 is 5.97 Å². The molecular formula is C27H52O13. The average Bonchev–Trinajstić information content (AvgIpc) is 2.96. The molecular weight excluding hydrogens is 532 g/mol. The Kier molecular flexibility index (Phi) is 28.7. The lowest BCUT2D eigenvalue weighted by Crippen LogP contribution is -2.24. The van der Waals surface area contributed by atoms with Crippen LogP contribution >= 0.6 is 0 Å². The summed E-state index contributed by atoms with van der Waals surface area (Å²) in [5.41, 5.74) is 0. The second-order valence-electron chi connectivity index (χ2n) is 8.52. The highest BCUT2D eigenvalue weighted by Crippen LogP contribution is 2.13. The molecule has 0 aromatic carbocycles. The van der Waals surface area contributed by atoms with Gasteiger partial charge < -0.3 is 56.8 Å². The SMILES string of the molecule is CC(=O)OCCOCCOCCOCCOCCOCCOCCOCCOCCOCCOC1CCCCO1. The molecule has 1 fully saturated rings. The van der Waals surface area contributed by atoms with E-state index in [2.05, 4.69) is 0 Å². The van der Waals surface area contributed by atoms with E-state index in [1.165, 1.54) is 6.92 Å². The molecule has 0 bridgehead atoms. The van der Waals surface area contributed by atoms with Gasteiger partial charge in [-0.15, -0.1) is 0 Å². The van der Waals surface area contributed by atoms with Crippen molar-refractivity contribution in [1.29, 1.82) is 0 Å². The Hall–Kier alpha value is -0.970. The smallest absolute Gasteiger partial charge is 0.302 e. The van der Waals surface area contributed by atoms with Crippen molar-refractivity contribution in [3.05, 3.63) is 0 Å². The Labute approximate surface area is 239 Å². The van der Waals surface area contributed by atoms with Crippen LogP contribution in [0, 0.1) is 0 Å². The number of hydrogen-bond donors (Lipinski definition) is 0. The van der Waals surface area contributed by atoms with Crippen LogP contribution in [-0.2, 0) is 61.6 Å². The van der Waals surface area contributed by atoms with Crippen molar-refractivity contribution in [2.75, 3.05) is 139 Å². The monoisotopic (exact) mass is 584 g/mol. The van der Waals surface area contributed by atoms with Gasteiger partial charge in [-0.1, -0.05) is 0 Å². The topological polar surface area (TPSA) is 128 Å². The first-order valence-electron chi connectivity index (χ1n) is 14.4. The number of hydrogen-bond acceptors (Lipinski definition) is 13. The number of carbonyl (C=O) groups excluding carboxylic acids is 1. The molecule has 0 saturated carbocycles. The zero-order chi connectivity index (χ0) is 28.6. The summed E-state index contributed by atoms with van der Waals surface area (Å²) in [6.45, 7) is 11.9. The summed E-state index contributed by atoms with van der Waals surface area (Å²) in [6.07, 6.45) is 3.19. The van der Waals surface area contributed by atoms with Gasteiger partial charge in [0.05, 0.1) is 126 Å². The maximum atomic E-state index is 10.6. The van der Waals surface area contributed by atoms with Gasteiger partial charge in [0.2, 0.25) is 0 Å². The van der Waals surface area contributed by atoms with E-state index in [1.807, 2.05) is 0 Å². The molecule has 1 aliphatic rings. The minimum atomic E-state index is -0.309. The fourth-order valence-electron chi connectivity index (χ4n) is 3.19. The third-order valence-electron chi connectivity index (χ3n) is 5.18. The van der Waals surface area contributed by atoms with Crippen molar-refractivity contribution in [2.45, 2.75) is 32.5 Å². The molecule has 1 rings (SSSR count). The van der Waals surface area contributed by atoms with Gasteiger partial charge in [0, 0.05) is 13.5 Å². The first-order chi connectivity index (χ1) is 19.8. The van der Waals surface area contributed by atoms with E-state index in [0.29, 0.717) is 126 Å². The van der Waals surface area contributed by atoms with Crippen LogP contribution in [0.25, 0.3) is 0 Å². The normalized spacial score (nSPS) is 15.5. The van der Waals surface area contributed by atoms with Gasteiger partial charge in [0.1, 0.15) is 6.61 Å². The first-order valence-corrected chi connectivity index (χ1v) is 14.4. The second kappa shape index (κ2) is 31.0. The number of ether oxygens (including phenoxy) is 12. The van der Waals surface area contributed by atoms with Crippen molar-refractivity contribution in [1.82, 2.24) is 0 Å². The maximum Gasteiger partial charge on any atom is 0.302 e. The molecule has 1 aliphatic heterocycles. The van der Waals surface area contributed by atoms with Crippen molar-refractivity contribution in [3.63, 3.8) is 0 Å². The second-order valence-corrected chi connectivity index (χ2v) is 8.52. The molecule has 0 aliphatic carbocycles. The Bertz CT molecular complexity index is 521. The van der Waals surface area contributed by atoms with E-state index in [4.69, 9.17) is 56.8 Å². The van der Waals surface area contributed by atoms with Crippen LogP contribution < -0.4 is 0 Å². The highest BCUT2D eigenvalue weighted by atomic mass is 16.7. The standard InChI is InChI=1S/C27H52O13/c1-26(28)38-24-22-36-20-18-34-16-14-32-12-10-30-8-6-29-7-9-31-11-13-33-15-17-35-19-21-37-23-25-40-27-4-2-3-5-39-27/h27H,2-25H2,1H3. The Morgan fingerprint density at radius 1 is 0.500 bits per heavy atom. The zero-order valence-electron chi connectivity index (χ0n) is 24.4. The lowest BCUT2D eigenvalue weighted by atomic mass is 10.2. The van der Waals surface area contributed by atoms with Gasteiger partial charge in [-0.2, -0.15) is 0 Å². The maximum absolute atomic E-state index is 10.6. The van der Waals surface area contributed by atoms with Gasteiger partial charge in [-0.25, -0.2) is 0 Å². The summed E-state index contributed by atoms with van der Waals surface area (Å²) in [5, 5.41) is 0. The molecule has 40 heavy (non-hydrogen) atoms. The molecule has 1 heterocycles. The molecule has 0 spiro atoms. The fraction of sp³-hybridized carbons (Fsp3) is 0.963. The minimum Gasteiger partial charge on any atom is -0.463 e. The van der Waals surface area contributed by atoms with Crippen LogP contribution in [0.4, 0.5) is 0 Å². The van der Waals surface area contributed by atoms with Crippen LogP contribution in [0.3, 0.4) is 0 Å². The predicted octanol–water partition coefficient (Wildman–Crippen LogP) is 1.24. The summed E-state index contributed by atoms with van der Waals surface area (Å²) in [6, 6.07) is 0. The van der Waals surface area contributed by atoms with E-state index in [-0.39, 0.29) is 18.9 Å². The highest BCUT2D eigenvalue weighted by Gasteiger charge is 2.13. The molecule has 238 valence electrons. The van der Waals surface area contributed by atoms with Gasteiger partial charge in [-0.3, -0.25) is 4.79 Å². The van der Waals surface area contributed by atoms with E-state index >= 15 is 0 Å². The molecule has 1 saturated heterocycles. The van der Waals surface area contributed by atoms with Gasteiger partial charge in [0.15, 0.2) is 6.29 Å². The van der Waals surface area contributed by atoms with Crippen molar-refractivity contribution < 1.29 is 61.6 Å². The molecule has 1 unspecified atom stereocenters. The van der Waals surface area contributed by atoms with Crippen molar-refractivity contribution in [2.24, 2.45) is 0 Å². The van der Waals surface area contributed by atoms with Crippen LogP contribution in [0.15, 0.2) is 0 Å². The lowest BCUT2D eigenvalue weighted by molar-refractivity contribution is -0.169. The average molecular weight is 585 g/mol. The van der Waals surface area contributed by atoms with E-state index in [9.17, 15) is 4.79 Å². The third kappa shape index (κ3) is 28.6. The molecule has 13 nitrogen and oxygen atoms in total. The molecule has 0 aromatic heterocycles. The summed E-state index contributed by atoms with van der Waals surface area (Å²) in [4.78, 5) is 10.6. The van der Waals surface area contributed by atoms with E-state index in [1.54, 1.807) is 0 Å². The van der Waals surface area contributed by atoms with Gasteiger partial charge in [-0.05, 0) is 19.3 Å². The molecule has 0 N–H and O–H groups in total. The minimum absolute atomic E-state index is 0.0666. The fourth-order valence-corrected chi connectivity index (χ4v) is 3.19. The lowest BCUT2D eigenvalue weighted by Gasteiger charge is -2.22. The van der Waals surface area contributed by atoms with Crippen molar-refractivity contribution in [3.8, 4) is 0 Å². The zero-order valence-corrected chi connectivity index (χ0v) is 24.4. The van der Waals surface area contributed by atoms with E-state index in [0.717, 1.165) is 25.9 Å². The van der Waals surface area contributed by atoms with Crippen LogP contribution in [0.2, 0.25) is 0 Å². The van der Waals surface area contributed by atoms with Crippen LogP contribution in [0.5, 0.6) is 0 Å². The molecule has 0 aromatic rings. The summed E-state index contributed by atoms with van der Waals surface area (Å²) in [7, 11) is 0. The Morgan fingerprint density at radius 2 is 0.825 bits per heavy atom. The molecule has 0 amide bonds. The van der Waals surface area contributed by atoms with Crippen LogP contribution in [0.1, 0.15) is 26.2 Å². The summed E-state index contributed by atoms with van der Waals surface area (Å²) in [5.74, 6) is -0.309. The number of esters is 1. The molecule has 1 atom stereocenters. The molecule has 0 radical (unpaired) electrons. The quantitative estimate of drug-likeness (QED) is 0.0857. The van der Waals surface area contributed by atoms with Gasteiger partial charge in [0.25, 0.3) is 0 Å². The first kappa shape index (κ1) is 37.1. The Morgan fingerprint density at radius 3 is 1.12 bits per heavy atom. The van der Waals surface area contributed by atoms with Gasteiger partial charge >= 0.3 is 5.97 Å². The predicted molar refractivity (Wildman–Crippen MR) is 144 cm³/mol. The van der Waals surface area contributed by atoms with E-state index < -0.39 is 0 Å². The number of rotatable bonds is 31. The largest absolute Gasteiger partial charge is 0.463 e. The third-order valence-corrected chi connectivity index (χ3v) is 5.18. The Balaban J connectivity index is 1.61. The highest BCUT2D eigenvalue weighted by molar-refractivity contribution is 5.65.